The molecule has 1 heterocycles. The van der Waals surface area contributed by atoms with Crippen molar-refractivity contribution < 1.29 is 22.8 Å². The number of hydrogen-bond donors (Lipinski definition) is 1. The molecule has 30 heavy (non-hydrogen) atoms. The van der Waals surface area contributed by atoms with Gasteiger partial charge in [-0.2, -0.15) is 13.2 Å². The molecule has 1 aliphatic heterocycles. The smallest absolute Gasteiger partial charge is 0.351 e. The van der Waals surface area contributed by atoms with E-state index < -0.39 is 17.2 Å². The second kappa shape index (κ2) is 8.13. The molecule has 4 nitrogen and oxygen atoms in total. The third-order valence-corrected chi connectivity index (χ3v) is 5.50. The van der Waals surface area contributed by atoms with Crippen LogP contribution in [0.25, 0.3) is 0 Å². The molecular weight excluding hydrogens is 393 g/mol. The maximum atomic E-state index is 13.0. The van der Waals surface area contributed by atoms with E-state index in [0.717, 1.165) is 23.4 Å². The lowest BCUT2D eigenvalue weighted by molar-refractivity contribution is -0.137. The fourth-order valence-corrected chi connectivity index (χ4v) is 3.61. The van der Waals surface area contributed by atoms with Gasteiger partial charge in [0.25, 0.3) is 5.91 Å². The van der Waals surface area contributed by atoms with Crippen LogP contribution in [0.15, 0.2) is 42.5 Å². The first-order valence-electron chi connectivity index (χ1n) is 9.92. The van der Waals surface area contributed by atoms with Crippen LogP contribution < -0.4 is 10.2 Å². The van der Waals surface area contributed by atoms with Crippen LogP contribution in [0, 0.1) is 0 Å². The van der Waals surface area contributed by atoms with Gasteiger partial charge in [-0.1, -0.05) is 39.0 Å². The molecular formula is C23H25F3N2O2. The van der Waals surface area contributed by atoms with Crippen LogP contribution in [0.5, 0.6) is 0 Å². The predicted octanol–water partition coefficient (Wildman–Crippen LogP) is 4.71. The number of hydrogen-bond acceptors (Lipinski definition) is 2. The summed E-state index contributed by atoms with van der Waals surface area (Å²) in [5.74, 6) is -0.244. The summed E-state index contributed by atoms with van der Waals surface area (Å²) in [4.78, 5) is 26.4. The third kappa shape index (κ3) is 4.50. The van der Waals surface area contributed by atoms with E-state index in [1.165, 1.54) is 6.07 Å². The summed E-state index contributed by atoms with van der Waals surface area (Å²) < 4.78 is 39.0. The van der Waals surface area contributed by atoms with Crippen molar-refractivity contribution in [1.82, 2.24) is 5.32 Å². The zero-order valence-corrected chi connectivity index (χ0v) is 17.3. The van der Waals surface area contributed by atoms with E-state index in [0.29, 0.717) is 30.5 Å². The van der Waals surface area contributed by atoms with Crippen LogP contribution in [-0.4, -0.2) is 24.9 Å². The van der Waals surface area contributed by atoms with Gasteiger partial charge in [0.15, 0.2) is 0 Å². The minimum absolute atomic E-state index is 0.0498. The van der Waals surface area contributed by atoms with Gasteiger partial charge in [-0.15, -0.1) is 0 Å². The minimum atomic E-state index is -4.41. The highest BCUT2D eigenvalue weighted by atomic mass is 19.4. The Morgan fingerprint density at radius 2 is 1.77 bits per heavy atom. The lowest BCUT2D eigenvalue weighted by atomic mass is 9.83. The lowest BCUT2D eigenvalue weighted by Gasteiger charge is -2.26. The number of anilines is 1. The molecule has 0 atom stereocenters. The molecule has 0 saturated heterocycles. The van der Waals surface area contributed by atoms with E-state index in [9.17, 15) is 22.8 Å². The molecule has 0 spiro atoms. The molecule has 7 heteroatoms. The number of nitrogens with zero attached hydrogens (tertiary/aromatic N) is 1. The number of rotatable bonds is 5. The van der Waals surface area contributed by atoms with Gasteiger partial charge < -0.3 is 10.2 Å². The molecule has 1 N–H and O–H groups in total. The number of carbonyl (C=O) groups is 2. The number of fused-ring (bicyclic) bond motifs is 1. The first-order valence-corrected chi connectivity index (χ1v) is 9.92. The highest BCUT2D eigenvalue weighted by Gasteiger charge is 2.32. The topological polar surface area (TPSA) is 49.4 Å². The van der Waals surface area contributed by atoms with Gasteiger partial charge in [0.1, 0.15) is 0 Å². The summed E-state index contributed by atoms with van der Waals surface area (Å²) >= 11 is 0. The largest absolute Gasteiger partial charge is 0.416 e. The van der Waals surface area contributed by atoms with Gasteiger partial charge in [0.2, 0.25) is 5.91 Å². The Morgan fingerprint density at radius 3 is 2.43 bits per heavy atom. The van der Waals surface area contributed by atoms with E-state index in [1.54, 1.807) is 43.0 Å². The molecule has 3 rings (SSSR count). The Bertz CT molecular complexity index is 967. The predicted molar refractivity (Wildman–Crippen MR) is 110 cm³/mol. The average molecular weight is 418 g/mol. The summed E-state index contributed by atoms with van der Waals surface area (Å²) in [6.45, 7) is 6.19. The van der Waals surface area contributed by atoms with Crippen LogP contribution in [0.2, 0.25) is 0 Å². The van der Waals surface area contributed by atoms with Crippen LogP contribution in [-0.2, 0) is 22.8 Å². The van der Waals surface area contributed by atoms with E-state index in [2.05, 4.69) is 5.32 Å². The zero-order valence-electron chi connectivity index (χ0n) is 17.3. The quantitative estimate of drug-likeness (QED) is 0.764. The Balaban J connectivity index is 1.71. The second-order valence-corrected chi connectivity index (χ2v) is 8.14. The molecule has 0 bridgehead atoms. The summed E-state index contributed by atoms with van der Waals surface area (Å²) in [6.07, 6.45) is -3.29. The van der Waals surface area contributed by atoms with Gasteiger partial charge >= 0.3 is 6.18 Å². The van der Waals surface area contributed by atoms with E-state index in [4.69, 9.17) is 0 Å². The Kier molecular flexibility index (Phi) is 5.92. The van der Waals surface area contributed by atoms with Crippen molar-refractivity contribution in [2.75, 3.05) is 18.0 Å². The van der Waals surface area contributed by atoms with Gasteiger partial charge in [0.05, 0.1) is 5.56 Å². The van der Waals surface area contributed by atoms with Gasteiger partial charge in [-0.25, -0.2) is 0 Å². The highest BCUT2D eigenvalue weighted by Crippen LogP contribution is 2.33. The number of carbonyl (C=O) groups excluding carboxylic acids is 2. The summed E-state index contributed by atoms with van der Waals surface area (Å²) in [5, 5.41) is 2.83. The number of nitrogens with one attached hydrogen (secondary N) is 1. The van der Waals surface area contributed by atoms with Crippen LogP contribution in [0.3, 0.4) is 0 Å². The lowest BCUT2D eigenvalue weighted by Crippen LogP contribution is -2.36. The monoisotopic (exact) mass is 418 g/mol. The molecule has 2 aromatic rings. The molecule has 1 aliphatic rings. The van der Waals surface area contributed by atoms with Crippen molar-refractivity contribution in [3.05, 3.63) is 64.7 Å². The van der Waals surface area contributed by atoms with Crippen molar-refractivity contribution in [2.45, 2.75) is 45.2 Å². The van der Waals surface area contributed by atoms with E-state index in [-0.39, 0.29) is 18.4 Å². The van der Waals surface area contributed by atoms with Crippen molar-refractivity contribution in [1.29, 1.82) is 0 Å². The van der Waals surface area contributed by atoms with Crippen molar-refractivity contribution >= 4 is 17.5 Å². The summed E-state index contributed by atoms with van der Waals surface area (Å²) in [7, 11) is 0. The molecule has 160 valence electrons. The summed E-state index contributed by atoms with van der Waals surface area (Å²) in [6, 6.07) is 10.4. The Morgan fingerprint density at radius 1 is 1.07 bits per heavy atom. The standard InChI is InChI=1S/C23H25F3N2O2/c1-4-20(29)28-11-10-15-12-16(8-9-19(15)28)21(30)27-14-22(2,3)17-6-5-7-18(13-17)23(24,25)26/h5-9,12-13H,4,10-11,14H2,1-3H3,(H,27,30). The maximum absolute atomic E-state index is 13.0. The molecule has 2 aromatic carbocycles. The fraction of sp³-hybridized carbons (Fsp3) is 0.391. The molecule has 0 fully saturated rings. The first-order chi connectivity index (χ1) is 14.0. The average Bonchev–Trinajstić information content (AvgIpc) is 3.14. The van der Waals surface area contributed by atoms with Crippen molar-refractivity contribution in [2.24, 2.45) is 0 Å². The Labute approximate surface area is 174 Å². The number of alkyl halides is 3. The maximum Gasteiger partial charge on any atom is 0.416 e. The molecule has 0 unspecified atom stereocenters. The Hall–Kier alpha value is -2.83. The van der Waals surface area contributed by atoms with E-state index in [1.807, 2.05) is 6.92 Å². The van der Waals surface area contributed by atoms with Crippen LogP contribution >= 0.6 is 0 Å². The zero-order chi connectivity index (χ0) is 22.1. The summed E-state index contributed by atoms with van der Waals surface area (Å²) in [5.41, 5.74) is 1.37. The molecule has 0 saturated carbocycles. The SMILES string of the molecule is CCC(=O)N1CCc2cc(C(=O)NCC(C)(C)c3cccc(C(F)(F)F)c3)ccc21. The molecule has 2 amide bonds. The third-order valence-electron chi connectivity index (χ3n) is 5.50. The van der Waals surface area contributed by atoms with Gasteiger partial charge in [-0.3, -0.25) is 9.59 Å². The van der Waals surface area contributed by atoms with Crippen molar-refractivity contribution in [3.63, 3.8) is 0 Å². The van der Waals surface area contributed by atoms with Crippen LogP contribution in [0.1, 0.15) is 54.2 Å². The second-order valence-electron chi connectivity index (χ2n) is 8.14. The van der Waals surface area contributed by atoms with Gasteiger partial charge in [0, 0.05) is 36.2 Å². The molecule has 0 aliphatic carbocycles. The molecule has 0 aromatic heterocycles. The normalized spacial score (nSPS) is 13.9. The van der Waals surface area contributed by atoms with Crippen LogP contribution in [0.4, 0.5) is 18.9 Å². The highest BCUT2D eigenvalue weighted by molar-refractivity contribution is 5.98. The number of halogens is 3. The van der Waals surface area contributed by atoms with Crippen molar-refractivity contribution in [3.8, 4) is 0 Å². The minimum Gasteiger partial charge on any atom is -0.351 e. The van der Waals surface area contributed by atoms with Gasteiger partial charge in [-0.05, 0) is 41.8 Å². The molecule has 0 radical (unpaired) electrons. The first kappa shape index (κ1) is 21.9. The van der Waals surface area contributed by atoms with E-state index >= 15 is 0 Å². The number of amides is 2. The number of benzene rings is 2. The fourth-order valence-electron chi connectivity index (χ4n) is 3.61.